The number of hydrogen-bond acceptors (Lipinski definition) is 5. The number of hydrogen-bond donors (Lipinski definition) is 1. The minimum Gasteiger partial charge on any atom is -0.462 e. The molecule has 0 atom stereocenters. The van der Waals surface area contributed by atoms with E-state index in [0.717, 1.165) is 39.3 Å². The zero-order chi connectivity index (χ0) is 16.7. The van der Waals surface area contributed by atoms with E-state index in [2.05, 4.69) is 9.80 Å². The van der Waals surface area contributed by atoms with Gasteiger partial charge in [-0.2, -0.15) is 0 Å². The highest BCUT2D eigenvalue weighted by atomic mass is 16.5. The van der Waals surface area contributed by atoms with Crippen molar-refractivity contribution in [1.82, 2.24) is 9.80 Å². The second-order valence-corrected chi connectivity index (χ2v) is 6.53. The molecule has 0 amide bonds. The lowest BCUT2D eigenvalue weighted by Gasteiger charge is -2.34. The van der Waals surface area contributed by atoms with Gasteiger partial charge in [-0.3, -0.25) is 9.80 Å². The molecule has 1 aliphatic rings. The first kappa shape index (κ1) is 17.9. The Morgan fingerprint density at radius 3 is 2.30 bits per heavy atom. The summed E-state index contributed by atoms with van der Waals surface area (Å²) in [6.45, 7) is 10.4. The number of benzene rings is 1. The smallest absolute Gasteiger partial charge is 0.338 e. The average Bonchev–Trinajstić information content (AvgIpc) is 2.55. The van der Waals surface area contributed by atoms with Crippen molar-refractivity contribution in [1.29, 1.82) is 0 Å². The van der Waals surface area contributed by atoms with Gasteiger partial charge in [0.15, 0.2) is 0 Å². The van der Waals surface area contributed by atoms with E-state index in [-0.39, 0.29) is 12.6 Å². The van der Waals surface area contributed by atoms with Crippen molar-refractivity contribution in [3.05, 3.63) is 35.4 Å². The van der Waals surface area contributed by atoms with Crippen LogP contribution in [-0.2, 0) is 11.3 Å². The molecular formula is C18H28N2O3. The van der Waals surface area contributed by atoms with Gasteiger partial charge in [0.1, 0.15) is 0 Å². The summed E-state index contributed by atoms with van der Waals surface area (Å²) in [6.07, 6.45) is 0. The Morgan fingerprint density at radius 1 is 1.13 bits per heavy atom. The predicted octanol–water partition coefficient (Wildman–Crippen LogP) is 1.61. The molecule has 23 heavy (non-hydrogen) atoms. The molecule has 5 nitrogen and oxygen atoms in total. The zero-order valence-corrected chi connectivity index (χ0v) is 14.2. The highest BCUT2D eigenvalue weighted by Crippen LogP contribution is 2.11. The lowest BCUT2D eigenvalue weighted by Crippen LogP contribution is -2.46. The standard InChI is InChI=1S/C18H28N2O3/c1-15(2)14-23-18(22)17-5-3-16(4-6-17)13-20-9-7-19(8-10-20)11-12-21/h3-6,15,21H,7-14H2,1-2H3. The maximum Gasteiger partial charge on any atom is 0.338 e. The molecule has 0 radical (unpaired) electrons. The van der Waals surface area contributed by atoms with E-state index in [0.29, 0.717) is 18.1 Å². The molecule has 0 aliphatic carbocycles. The minimum atomic E-state index is -0.247. The van der Waals surface area contributed by atoms with Gasteiger partial charge in [0.25, 0.3) is 0 Å². The Morgan fingerprint density at radius 2 is 1.74 bits per heavy atom. The molecule has 2 rings (SSSR count). The van der Waals surface area contributed by atoms with Gasteiger partial charge in [-0.05, 0) is 23.6 Å². The molecule has 0 unspecified atom stereocenters. The molecule has 1 aliphatic heterocycles. The molecule has 1 N–H and O–H groups in total. The molecule has 0 saturated carbocycles. The second kappa shape index (κ2) is 9.01. The third kappa shape index (κ3) is 5.94. The lowest BCUT2D eigenvalue weighted by atomic mass is 10.1. The predicted molar refractivity (Wildman–Crippen MR) is 90.4 cm³/mol. The van der Waals surface area contributed by atoms with E-state index in [1.54, 1.807) is 0 Å². The molecule has 0 bridgehead atoms. The van der Waals surface area contributed by atoms with Crippen LogP contribution in [0.5, 0.6) is 0 Å². The van der Waals surface area contributed by atoms with Gasteiger partial charge in [0.2, 0.25) is 0 Å². The van der Waals surface area contributed by atoms with Crippen LogP contribution in [0.3, 0.4) is 0 Å². The van der Waals surface area contributed by atoms with Crippen molar-refractivity contribution in [2.24, 2.45) is 5.92 Å². The average molecular weight is 320 g/mol. The van der Waals surface area contributed by atoms with Crippen LogP contribution in [0.2, 0.25) is 0 Å². The normalized spacial score (nSPS) is 16.7. The number of β-amino-alcohol motifs (C(OH)–C–C–N with tert-alkyl or cyclic N) is 1. The van der Waals surface area contributed by atoms with Crippen molar-refractivity contribution in [3.63, 3.8) is 0 Å². The molecule has 5 heteroatoms. The third-order valence-corrected chi connectivity index (χ3v) is 4.02. The van der Waals surface area contributed by atoms with Crippen molar-refractivity contribution >= 4 is 5.97 Å². The summed E-state index contributed by atoms with van der Waals surface area (Å²) >= 11 is 0. The van der Waals surface area contributed by atoms with Crippen LogP contribution in [0.1, 0.15) is 29.8 Å². The Bertz CT molecular complexity index is 480. The topological polar surface area (TPSA) is 53.0 Å². The molecule has 1 saturated heterocycles. The van der Waals surface area contributed by atoms with Gasteiger partial charge in [-0.15, -0.1) is 0 Å². The first-order valence-corrected chi connectivity index (χ1v) is 8.40. The summed E-state index contributed by atoms with van der Waals surface area (Å²) in [5.74, 6) is 0.102. The SMILES string of the molecule is CC(C)COC(=O)c1ccc(CN2CCN(CCO)CC2)cc1. The summed E-state index contributed by atoms with van der Waals surface area (Å²) in [7, 11) is 0. The van der Waals surface area contributed by atoms with Crippen LogP contribution in [0.25, 0.3) is 0 Å². The number of nitrogens with zero attached hydrogens (tertiary/aromatic N) is 2. The lowest BCUT2D eigenvalue weighted by molar-refractivity contribution is 0.0459. The molecule has 1 aromatic rings. The van der Waals surface area contributed by atoms with Gasteiger partial charge in [0, 0.05) is 39.3 Å². The molecule has 0 aromatic heterocycles. The number of carbonyl (C=O) groups excluding carboxylic acids is 1. The van der Waals surface area contributed by atoms with Gasteiger partial charge >= 0.3 is 5.97 Å². The fourth-order valence-electron chi connectivity index (χ4n) is 2.64. The van der Waals surface area contributed by atoms with Crippen molar-refractivity contribution in [3.8, 4) is 0 Å². The number of aliphatic hydroxyl groups excluding tert-OH is 1. The number of rotatable bonds is 7. The van der Waals surface area contributed by atoms with Crippen LogP contribution >= 0.6 is 0 Å². The first-order valence-electron chi connectivity index (χ1n) is 8.40. The maximum absolute atomic E-state index is 11.9. The largest absolute Gasteiger partial charge is 0.462 e. The van der Waals surface area contributed by atoms with Crippen LogP contribution < -0.4 is 0 Å². The van der Waals surface area contributed by atoms with E-state index in [1.807, 2.05) is 38.1 Å². The molecule has 1 fully saturated rings. The van der Waals surface area contributed by atoms with Crippen LogP contribution in [-0.4, -0.2) is 66.8 Å². The van der Waals surface area contributed by atoms with E-state index in [9.17, 15) is 4.79 Å². The maximum atomic E-state index is 11.9. The first-order chi connectivity index (χ1) is 11.1. The summed E-state index contributed by atoms with van der Waals surface area (Å²) in [4.78, 5) is 16.6. The van der Waals surface area contributed by atoms with Crippen molar-refractivity contribution in [2.75, 3.05) is 45.9 Å². The van der Waals surface area contributed by atoms with E-state index >= 15 is 0 Å². The summed E-state index contributed by atoms with van der Waals surface area (Å²) < 4.78 is 5.24. The molecule has 1 heterocycles. The molecule has 0 spiro atoms. The number of carbonyl (C=O) groups is 1. The quantitative estimate of drug-likeness (QED) is 0.774. The molecule has 128 valence electrons. The highest BCUT2D eigenvalue weighted by Gasteiger charge is 2.16. The third-order valence-electron chi connectivity index (χ3n) is 4.02. The number of ether oxygens (including phenoxy) is 1. The van der Waals surface area contributed by atoms with E-state index < -0.39 is 0 Å². The number of aliphatic hydroxyl groups is 1. The van der Waals surface area contributed by atoms with E-state index in [1.165, 1.54) is 5.56 Å². The van der Waals surface area contributed by atoms with Crippen molar-refractivity contribution in [2.45, 2.75) is 20.4 Å². The van der Waals surface area contributed by atoms with Crippen LogP contribution in [0, 0.1) is 5.92 Å². The monoisotopic (exact) mass is 320 g/mol. The van der Waals surface area contributed by atoms with Crippen molar-refractivity contribution < 1.29 is 14.6 Å². The minimum absolute atomic E-state index is 0.231. The van der Waals surface area contributed by atoms with Gasteiger partial charge in [0.05, 0.1) is 18.8 Å². The van der Waals surface area contributed by atoms with Crippen LogP contribution in [0.4, 0.5) is 0 Å². The zero-order valence-electron chi connectivity index (χ0n) is 14.2. The summed E-state index contributed by atoms with van der Waals surface area (Å²) in [6, 6.07) is 7.71. The summed E-state index contributed by atoms with van der Waals surface area (Å²) in [5, 5.41) is 8.97. The molecular weight excluding hydrogens is 292 g/mol. The Labute approximate surface area is 138 Å². The van der Waals surface area contributed by atoms with Crippen LogP contribution in [0.15, 0.2) is 24.3 Å². The number of esters is 1. The fourth-order valence-corrected chi connectivity index (χ4v) is 2.64. The number of piperazine rings is 1. The van der Waals surface area contributed by atoms with E-state index in [4.69, 9.17) is 9.84 Å². The molecule has 1 aromatic carbocycles. The Kier molecular flexibility index (Phi) is 7.02. The fraction of sp³-hybridized carbons (Fsp3) is 0.611. The summed E-state index contributed by atoms with van der Waals surface area (Å²) in [5.41, 5.74) is 1.82. The second-order valence-electron chi connectivity index (χ2n) is 6.53. The van der Waals surface area contributed by atoms with Gasteiger partial charge in [-0.1, -0.05) is 26.0 Å². The Hall–Kier alpha value is -1.43. The highest BCUT2D eigenvalue weighted by molar-refractivity contribution is 5.89. The Balaban J connectivity index is 1.80. The van der Waals surface area contributed by atoms with Gasteiger partial charge < -0.3 is 9.84 Å². The van der Waals surface area contributed by atoms with Gasteiger partial charge in [-0.25, -0.2) is 4.79 Å².